The highest BCUT2D eigenvalue weighted by Gasteiger charge is 2.48. The molecular formula is C24H23F3N2O5. The standard InChI is InChI=1S/C24H23F3N2O5/c25-24(26,27)20(21(30)28-19-11-5-10-17(19)22(31)32)29-23(33)34-12-18-15-8-3-1-6-13(15)14-7-2-4-9-16(14)18/h1-4,6-9,17-20H,5,10-12H2,(H,28,30)(H,29,33)(H,31,32)/t17-,19+,20?/m0/s1. The van der Waals surface area contributed by atoms with E-state index in [0.29, 0.717) is 6.42 Å². The Balaban J connectivity index is 1.42. The van der Waals surface area contributed by atoms with Gasteiger partial charge in [-0.05, 0) is 35.1 Å². The number of hydrogen-bond acceptors (Lipinski definition) is 4. The Bertz CT molecular complexity index is 1060. The Morgan fingerprint density at radius 1 is 1.00 bits per heavy atom. The van der Waals surface area contributed by atoms with Gasteiger partial charge in [-0.2, -0.15) is 13.2 Å². The highest BCUT2D eigenvalue weighted by Crippen LogP contribution is 2.44. The zero-order valence-corrected chi connectivity index (χ0v) is 18.0. The zero-order valence-electron chi connectivity index (χ0n) is 18.0. The number of carboxylic acid groups (broad SMARTS) is 1. The van der Waals surface area contributed by atoms with Crippen LogP contribution in [0.15, 0.2) is 48.5 Å². The van der Waals surface area contributed by atoms with Crippen molar-refractivity contribution in [3.63, 3.8) is 0 Å². The van der Waals surface area contributed by atoms with Crippen LogP contribution in [0.2, 0.25) is 0 Å². The van der Waals surface area contributed by atoms with Crippen molar-refractivity contribution in [3.8, 4) is 11.1 Å². The van der Waals surface area contributed by atoms with E-state index >= 15 is 0 Å². The summed E-state index contributed by atoms with van der Waals surface area (Å²) in [7, 11) is 0. The van der Waals surface area contributed by atoms with Gasteiger partial charge in [0.2, 0.25) is 6.04 Å². The third-order valence-electron chi connectivity index (χ3n) is 6.36. The lowest BCUT2D eigenvalue weighted by Gasteiger charge is -2.24. The van der Waals surface area contributed by atoms with Gasteiger partial charge >= 0.3 is 18.2 Å². The topological polar surface area (TPSA) is 105 Å². The molecule has 2 aromatic rings. The number of benzene rings is 2. The SMILES string of the molecule is O=C(NC(C(=O)N[C@@H]1CCC[C@@H]1C(=O)O)C(F)(F)F)OCC1c2ccccc2-c2ccccc21. The second kappa shape index (κ2) is 9.36. The lowest BCUT2D eigenvalue weighted by Crippen LogP contribution is -2.57. The van der Waals surface area contributed by atoms with E-state index in [-0.39, 0.29) is 25.4 Å². The van der Waals surface area contributed by atoms with Gasteiger partial charge < -0.3 is 20.5 Å². The van der Waals surface area contributed by atoms with Crippen LogP contribution in [0.4, 0.5) is 18.0 Å². The molecule has 3 atom stereocenters. The first-order chi connectivity index (χ1) is 16.2. The van der Waals surface area contributed by atoms with E-state index in [1.165, 1.54) is 0 Å². The monoisotopic (exact) mass is 476 g/mol. The number of alkyl halides is 3. The molecule has 2 amide bonds. The van der Waals surface area contributed by atoms with Gasteiger partial charge in [-0.25, -0.2) is 4.79 Å². The van der Waals surface area contributed by atoms with Gasteiger partial charge in [0.25, 0.3) is 5.91 Å². The van der Waals surface area contributed by atoms with E-state index < -0.39 is 42.1 Å². The molecule has 0 heterocycles. The Morgan fingerprint density at radius 2 is 1.59 bits per heavy atom. The molecule has 2 aliphatic rings. The lowest BCUT2D eigenvalue weighted by molar-refractivity contribution is -0.168. The maximum Gasteiger partial charge on any atom is 0.417 e. The third kappa shape index (κ3) is 4.71. The summed E-state index contributed by atoms with van der Waals surface area (Å²) >= 11 is 0. The Morgan fingerprint density at radius 3 is 2.15 bits per heavy atom. The molecule has 0 saturated heterocycles. The molecule has 0 radical (unpaired) electrons. The quantitative estimate of drug-likeness (QED) is 0.588. The van der Waals surface area contributed by atoms with Crippen molar-refractivity contribution < 1.29 is 37.4 Å². The van der Waals surface area contributed by atoms with Crippen molar-refractivity contribution in [1.29, 1.82) is 0 Å². The van der Waals surface area contributed by atoms with Crippen molar-refractivity contribution in [2.75, 3.05) is 6.61 Å². The molecular weight excluding hydrogens is 453 g/mol. The normalized spacial score (nSPS) is 20.2. The average Bonchev–Trinajstić information content (AvgIpc) is 3.38. The van der Waals surface area contributed by atoms with Gasteiger partial charge in [0, 0.05) is 12.0 Å². The van der Waals surface area contributed by atoms with Crippen LogP contribution < -0.4 is 10.6 Å². The number of carbonyl (C=O) groups is 3. The summed E-state index contributed by atoms with van der Waals surface area (Å²) in [5, 5.41) is 12.9. The second-order valence-electron chi connectivity index (χ2n) is 8.44. The first kappa shape index (κ1) is 23.6. The smallest absolute Gasteiger partial charge is 0.417 e. The third-order valence-corrected chi connectivity index (χ3v) is 6.36. The van der Waals surface area contributed by atoms with E-state index in [0.717, 1.165) is 22.3 Å². The van der Waals surface area contributed by atoms with Crippen molar-refractivity contribution in [1.82, 2.24) is 10.6 Å². The molecule has 2 aromatic carbocycles. The Kier molecular flexibility index (Phi) is 6.49. The molecule has 3 N–H and O–H groups in total. The molecule has 34 heavy (non-hydrogen) atoms. The largest absolute Gasteiger partial charge is 0.481 e. The van der Waals surface area contributed by atoms with Crippen LogP contribution in [-0.4, -0.2) is 47.9 Å². The van der Waals surface area contributed by atoms with Crippen molar-refractivity contribution in [3.05, 3.63) is 59.7 Å². The Labute approximate surface area is 193 Å². The number of halogens is 3. The van der Waals surface area contributed by atoms with Crippen molar-refractivity contribution in [2.45, 2.75) is 43.4 Å². The molecule has 4 rings (SSSR count). The molecule has 1 saturated carbocycles. The molecule has 0 spiro atoms. The van der Waals surface area contributed by atoms with Crippen LogP contribution in [-0.2, 0) is 14.3 Å². The predicted octanol–water partition coefficient (Wildman–Crippen LogP) is 3.83. The van der Waals surface area contributed by atoms with Crippen LogP contribution in [0.5, 0.6) is 0 Å². The number of carbonyl (C=O) groups excluding carboxylic acids is 2. The van der Waals surface area contributed by atoms with Gasteiger partial charge in [0.1, 0.15) is 6.61 Å². The number of carboxylic acids is 1. The van der Waals surface area contributed by atoms with Crippen molar-refractivity contribution in [2.24, 2.45) is 5.92 Å². The molecule has 7 nitrogen and oxygen atoms in total. The first-order valence-corrected chi connectivity index (χ1v) is 10.9. The predicted molar refractivity (Wildman–Crippen MR) is 115 cm³/mol. The Hall–Kier alpha value is -3.56. The van der Waals surface area contributed by atoms with Gasteiger partial charge in [-0.3, -0.25) is 9.59 Å². The number of aliphatic carboxylic acids is 1. The minimum absolute atomic E-state index is 0.213. The summed E-state index contributed by atoms with van der Waals surface area (Å²) in [5.41, 5.74) is 3.71. The highest BCUT2D eigenvalue weighted by molar-refractivity contribution is 5.87. The van der Waals surface area contributed by atoms with E-state index in [4.69, 9.17) is 4.74 Å². The van der Waals surface area contributed by atoms with Gasteiger partial charge in [0.05, 0.1) is 5.92 Å². The number of ether oxygens (including phenoxy) is 1. The number of alkyl carbamates (subject to hydrolysis) is 1. The summed E-state index contributed by atoms with van der Waals surface area (Å²) in [5.74, 6) is -4.02. The number of fused-ring (bicyclic) bond motifs is 3. The van der Waals surface area contributed by atoms with Crippen LogP contribution >= 0.6 is 0 Å². The van der Waals surface area contributed by atoms with Crippen LogP contribution in [0, 0.1) is 5.92 Å². The molecule has 10 heteroatoms. The molecule has 1 unspecified atom stereocenters. The van der Waals surface area contributed by atoms with E-state index in [1.54, 1.807) is 5.32 Å². The van der Waals surface area contributed by atoms with Crippen LogP contribution in [0.1, 0.15) is 36.3 Å². The molecule has 0 aliphatic heterocycles. The van der Waals surface area contributed by atoms with E-state index in [9.17, 15) is 32.7 Å². The molecule has 0 bridgehead atoms. The number of hydrogen-bond donors (Lipinski definition) is 3. The highest BCUT2D eigenvalue weighted by atomic mass is 19.4. The maximum atomic E-state index is 13.5. The minimum atomic E-state index is -5.09. The van der Waals surface area contributed by atoms with E-state index in [2.05, 4.69) is 5.32 Å². The van der Waals surface area contributed by atoms with Crippen LogP contribution in [0.3, 0.4) is 0 Å². The summed E-state index contributed by atoms with van der Waals surface area (Å²) in [6.07, 6.45) is -5.50. The molecule has 0 aromatic heterocycles. The molecule has 180 valence electrons. The lowest BCUT2D eigenvalue weighted by atomic mass is 9.98. The fourth-order valence-corrected chi connectivity index (χ4v) is 4.75. The minimum Gasteiger partial charge on any atom is -0.481 e. The zero-order chi connectivity index (χ0) is 24.5. The summed E-state index contributed by atoms with van der Waals surface area (Å²) in [6, 6.07) is 11.2. The van der Waals surface area contributed by atoms with Gasteiger partial charge in [0.15, 0.2) is 0 Å². The van der Waals surface area contributed by atoms with Crippen LogP contribution in [0.25, 0.3) is 11.1 Å². The summed E-state index contributed by atoms with van der Waals surface area (Å²) in [4.78, 5) is 35.9. The number of amides is 2. The van der Waals surface area contributed by atoms with E-state index in [1.807, 2.05) is 48.5 Å². The number of rotatable bonds is 6. The molecule has 1 fully saturated rings. The fourth-order valence-electron chi connectivity index (χ4n) is 4.75. The van der Waals surface area contributed by atoms with Gasteiger partial charge in [-0.15, -0.1) is 0 Å². The summed E-state index contributed by atoms with van der Waals surface area (Å²) in [6.45, 7) is -0.213. The second-order valence-corrected chi connectivity index (χ2v) is 8.44. The molecule has 2 aliphatic carbocycles. The average molecular weight is 476 g/mol. The fraction of sp³-hybridized carbons (Fsp3) is 0.375. The number of nitrogens with one attached hydrogen (secondary N) is 2. The maximum absolute atomic E-state index is 13.5. The summed E-state index contributed by atoms with van der Waals surface area (Å²) < 4.78 is 45.8. The van der Waals surface area contributed by atoms with Gasteiger partial charge in [-0.1, -0.05) is 55.0 Å². The first-order valence-electron chi connectivity index (χ1n) is 10.9. The van der Waals surface area contributed by atoms with Crippen molar-refractivity contribution >= 4 is 18.0 Å².